The minimum atomic E-state index is -0.834. The van der Waals surface area contributed by atoms with E-state index in [1.165, 1.54) is 11.3 Å². The fraction of sp³-hybridized carbons (Fsp3) is 0.229. The van der Waals surface area contributed by atoms with Gasteiger partial charge >= 0.3 is 5.97 Å². The van der Waals surface area contributed by atoms with E-state index in [2.05, 4.69) is 10.6 Å². The number of carbonyl (C=O) groups is 1. The average Bonchev–Trinajstić information content (AvgIpc) is 3.54. The van der Waals surface area contributed by atoms with Crippen LogP contribution in [-0.2, 0) is 16.1 Å². The summed E-state index contributed by atoms with van der Waals surface area (Å²) in [5.74, 6) is -0.0187. The van der Waals surface area contributed by atoms with Crippen LogP contribution in [0.3, 0.4) is 0 Å². The molecule has 0 N–H and O–H groups in total. The fourth-order valence-electron chi connectivity index (χ4n) is 5.81. The molecule has 0 saturated heterocycles. The van der Waals surface area contributed by atoms with E-state index in [0.717, 1.165) is 28.5 Å². The SMILES string of the molecule is CCCC1=C(C(=O)OCC)[C@H](c2cc(Cl)ccc2OC)n2c(s/c(=C/c3cn(Cc4ccccc4Cl)c4ccccc34)c2=O)=N1. The van der Waals surface area contributed by atoms with Crippen molar-refractivity contribution < 1.29 is 14.3 Å². The molecule has 0 saturated carbocycles. The van der Waals surface area contributed by atoms with Crippen LogP contribution in [-0.4, -0.2) is 28.8 Å². The average molecular weight is 661 g/mol. The van der Waals surface area contributed by atoms with Gasteiger partial charge in [-0.2, -0.15) is 0 Å². The highest BCUT2D eigenvalue weighted by atomic mass is 35.5. The second kappa shape index (κ2) is 13.1. The van der Waals surface area contributed by atoms with Gasteiger partial charge in [0.15, 0.2) is 4.80 Å². The maximum Gasteiger partial charge on any atom is 0.338 e. The number of halogens is 2. The fourth-order valence-corrected chi connectivity index (χ4v) is 7.19. The van der Waals surface area contributed by atoms with Crippen LogP contribution in [0.5, 0.6) is 5.75 Å². The first-order valence-corrected chi connectivity index (χ1v) is 16.3. The van der Waals surface area contributed by atoms with Crippen molar-refractivity contribution in [2.45, 2.75) is 39.3 Å². The molecule has 45 heavy (non-hydrogen) atoms. The van der Waals surface area contributed by atoms with Crippen LogP contribution in [0.25, 0.3) is 17.0 Å². The predicted octanol–water partition coefficient (Wildman–Crippen LogP) is 6.90. The molecule has 0 spiro atoms. The quantitative estimate of drug-likeness (QED) is 0.161. The number of thiazole rings is 1. The van der Waals surface area contributed by atoms with Crippen molar-refractivity contribution in [2.75, 3.05) is 13.7 Å². The Hall–Kier alpha value is -4.11. The Labute approximate surface area is 274 Å². The number of rotatable bonds is 9. The van der Waals surface area contributed by atoms with E-state index < -0.39 is 12.0 Å². The van der Waals surface area contributed by atoms with E-state index in [9.17, 15) is 9.59 Å². The van der Waals surface area contributed by atoms with E-state index in [1.807, 2.05) is 61.7 Å². The molecule has 3 heterocycles. The van der Waals surface area contributed by atoms with E-state index in [1.54, 1.807) is 36.8 Å². The highest BCUT2D eigenvalue weighted by Crippen LogP contribution is 2.38. The van der Waals surface area contributed by atoms with Crippen LogP contribution >= 0.6 is 34.5 Å². The molecule has 10 heteroatoms. The molecular weight excluding hydrogens is 629 g/mol. The van der Waals surface area contributed by atoms with E-state index in [4.69, 9.17) is 37.7 Å². The summed E-state index contributed by atoms with van der Waals surface area (Å²) in [4.78, 5) is 33.3. The minimum absolute atomic E-state index is 0.184. The summed E-state index contributed by atoms with van der Waals surface area (Å²) in [6, 6.07) is 20.2. The highest BCUT2D eigenvalue weighted by Gasteiger charge is 2.36. The molecule has 1 atom stereocenters. The summed E-state index contributed by atoms with van der Waals surface area (Å²) in [6.45, 7) is 4.54. The van der Waals surface area contributed by atoms with Crippen molar-refractivity contribution in [1.82, 2.24) is 9.13 Å². The Balaban J connectivity index is 1.58. The third-order valence-corrected chi connectivity index (χ3v) is 9.37. The molecule has 6 rings (SSSR count). The van der Waals surface area contributed by atoms with Gasteiger partial charge in [0.1, 0.15) is 11.8 Å². The van der Waals surface area contributed by atoms with E-state index in [-0.39, 0.29) is 12.2 Å². The first kappa shape index (κ1) is 30.9. The normalized spacial score (nSPS) is 14.9. The predicted molar refractivity (Wildman–Crippen MR) is 180 cm³/mol. The lowest BCUT2D eigenvalue weighted by Gasteiger charge is -2.27. The lowest BCUT2D eigenvalue weighted by molar-refractivity contribution is -0.139. The first-order valence-electron chi connectivity index (χ1n) is 14.7. The maximum absolute atomic E-state index is 14.4. The molecule has 7 nitrogen and oxygen atoms in total. The van der Waals surface area contributed by atoms with Crippen LogP contribution in [0, 0.1) is 0 Å². The molecule has 1 aliphatic rings. The topological polar surface area (TPSA) is 74.8 Å². The molecule has 0 aliphatic carbocycles. The van der Waals surface area contributed by atoms with Crippen molar-refractivity contribution in [1.29, 1.82) is 0 Å². The Kier molecular flexibility index (Phi) is 8.99. The molecular formula is C35H31Cl2N3O4S. The van der Waals surface area contributed by atoms with Crippen LogP contribution in [0.4, 0.5) is 0 Å². The molecule has 0 amide bonds. The van der Waals surface area contributed by atoms with Gasteiger partial charge < -0.3 is 14.0 Å². The van der Waals surface area contributed by atoms with Gasteiger partial charge in [-0.25, -0.2) is 9.79 Å². The number of nitrogens with zero attached hydrogens (tertiary/aromatic N) is 3. The largest absolute Gasteiger partial charge is 0.496 e. The van der Waals surface area contributed by atoms with Crippen molar-refractivity contribution in [2.24, 2.45) is 4.99 Å². The summed E-state index contributed by atoms with van der Waals surface area (Å²) < 4.78 is 15.4. The standard InChI is InChI=1S/C35H31Cl2N3O4S/c1-4-10-27-31(34(42)44-5-2)32(25-18-23(36)15-16-29(25)43-3)40-33(41)30(45-35(40)38-27)17-22-20-39(28-14-9-7-12-24(22)28)19-21-11-6-8-13-26(21)37/h6-9,11-18,20,32H,4-5,10,19H2,1-3H3/b30-17+/t32-/m0/s1. The smallest absolute Gasteiger partial charge is 0.338 e. The number of allylic oxidation sites excluding steroid dienone is 1. The Bertz CT molecular complexity index is 2140. The van der Waals surface area contributed by atoms with Gasteiger partial charge in [-0.3, -0.25) is 9.36 Å². The summed E-state index contributed by atoms with van der Waals surface area (Å²) in [7, 11) is 1.55. The summed E-state index contributed by atoms with van der Waals surface area (Å²) in [5, 5.41) is 2.15. The van der Waals surface area contributed by atoms with Crippen LogP contribution in [0.1, 0.15) is 49.4 Å². The van der Waals surface area contributed by atoms with Crippen molar-refractivity contribution in [3.05, 3.63) is 131 Å². The number of aromatic nitrogens is 2. The molecule has 230 valence electrons. The molecule has 0 radical (unpaired) electrons. The lowest BCUT2D eigenvalue weighted by Crippen LogP contribution is -2.40. The van der Waals surface area contributed by atoms with Gasteiger partial charge in [-0.1, -0.05) is 84.3 Å². The van der Waals surface area contributed by atoms with E-state index >= 15 is 0 Å². The number of fused-ring (bicyclic) bond motifs is 2. The van der Waals surface area contributed by atoms with E-state index in [0.29, 0.717) is 54.9 Å². The van der Waals surface area contributed by atoms with Crippen molar-refractivity contribution in [3.8, 4) is 5.75 Å². The summed E-state index contributed by atoms with van der Waals surface area (Å²) >= 11 is 14.3. The number of carbonyl (C=O) groups excluding carboxylic acids is 1. The minimum Gasteiger partial charge on any atom is -0.496 e. The van der Waals surface area contributed by atoms with Crippen LogP contribution < -0.4 is 19.6 Å². The number of ether oxygens (including phenoxy) is 2. The molecule has 5 aromatic rings. The number of para-hydroxylation sites is 1. The second-order valence-electron chi connectivity index (χ2n) is 10.6. The van der Waals surface area contributed by atoms with Crippen molar-refractivity contribution >= 4 is 57.5 Å². The zero-order chi connectivity index (χ0) is 31.7. The second-order valence-corrected chi connectivity index (χ2v) is 12.5. The Morgan fingerprint density at radius 3 is 2.60 bits per heavy atom. The molecule has 0 unspecified atom stereocenters. The summed E-state index contributed by atoms with van der Waals surface area (Å²) in [5.41, 5.74) is 4.12. The molecule has 3 aromatic carbocycles. The summed E-state index contributed by atoms with van der Waals surface area (Å²) in [6.07, 6.45) is 5.22. The number of hydrogen-bond acceptors (Lipinski definition) is 6. The maximum atomic E-state index is 14.4. The molecule has 1 aliphatic heterocycles. The van der Waals surface area contributed by atoms with Crippen LogP contribution in [0.2, 0.25) is 10.0 Å². The molecule has 2 aromatic heterocycles. The first-order chi connectivity index (χ1) is 21.8. The lowest BCUT2D eigenvalue weighted by atomic mass is 9.93. The highest BCUT2D eigenvalue weighted by molar-refractivity contribution is 7.07. The number of methoxy groups -OCH3 is 1. The Morgan fingerprint density at radius 1 is 1.07 bits per heavy atom. The Morgan fingerprint density at radius 2 is 1.84 bits per heavy atom. The van der Waals surface area contributed by atoms with Gasteiger partial charge in [-0.05, 0) is 55.3 Å². The van der Waals surface area contributed by atoms with Gasteiger partial charge in [-0.15, -0.1) is 0 Å². The monoisotopic (exact) mass is 659 g/mol. The van der Waals surface area contributed by atoms with Gasteiger partial charge in [0, 0.05) is 44.8 Å². The molecule has 0 bridgehead atoms. The van der Waals surface area contributed by atoms with Gasteiger partial charge in [0.2, 0.25) is 0 Å². The van der Waals surface area contributed by atoms with Gasteiger partial charge in [0.05, 0.1) is 29.5 Å². The molecule has 0 fully saturated rings. The zero-order valence-corrected chi connectivity index (χ0v) is 27.4. The third-order valence-electron chi connectivity index (χ3n) is 7.78. The van der Waals surface area contributed by atoms with Crippen molar-refractivity contribution in [3.63, 3.8) is 0 Å². The van der Waals surface area contributed by atoms with Gasteiger partial charge in [0.25, 0.3) is 5.56 Å². The zero-order valence-electron chi connectivity index (χ0n) is 25.1. The number of esters is 1. The number of hydrogen-bond donors (Lipinski definition) is 0. The third kappa shape index (κ3) is 5.86. The number of benzene rings is 3. The van der Waals surface area contributed by atoms with Crippen LogP contribution in [0.15, 0.2) is 94.0 Å².